The lowest BCUT2D eigenvalue weighted by molar-refractivity contribution is 0.0997. The lowest BCUT2D eigenvalue weighted by atomic mass is 10.2. The molecule has 9 nitrogen and oxygen atoms in total. The quantitative estimate of drug-likeness (QED) is 0.419. The summed E-state index contributed by atoms with van der Waals surface area (Å²) >= 11 is 0. The van der Waals surface area contributed by atoms with Gasteiger partial charge in [0.15, 0.2) is 17.0 Å². The second-order valence-corrected chi connectivity index (χ2v) is 7.60. The number of nitrogens with one attached hydrogen (secondary N) is 1. The molecule has 0 saturated carbocycles. The van der Waals surface area contributed by atoms with E-state index in [9.17, 15) is 9.59 Å². The fourth-order valence-electron chi connectivity index (χ4n) is 3.50. The Bertz CT molecular complexity index is 1570. The van der Waals surface area contributed by atoms with E-state index in [1.807, 2.05) is 19.9 Å². The Morgan fingerprint density at radius 1 is 1.00 bits per heavy atom. The van der Waals surface area contributed by atoms with E-state index >= 15 is 0 Å². The summed E-state index contributed by atoms with van der Waals surface area (Å²) in [6.45, 7) is 3.86. The van der Waals surface area contributed by atoms with Gasteiger partial charge in [-0.3, -0.25) is 9.59 Å². The highest BCUT2D eigenvalue weighted by atomic mass is 16.5. The Labute approximate surface area is 193 Å². The van der Waals surface area contributed by atoms with E-state index < -0.39 is 5.91 Å². The van der Waals surface area contributed by atoms with E-state index in [1.165, 1.54) is 12.4 Å². The first kappa shape index (κ1) is 21.1. The largest absolute Gasteiger partial charge is 0.451 e. The summed E-state index contributed by atoms with van der Waals surface area (Å²) in [6.07, 6.45) is 1.41. The number of anilines is 1. The van der Waals surface area contributed by atoms with Crippen molar-refractivity contribution < 1.29 is 13.9 Å². The van der Waals surface area contributed by atoms with E-state index in [-0.39, 0.29) is 11.2 Å². The van der Waals surface area contributed by atoms with Crippen molar-refractivity contribution in [2.24, 2.45) is 0 Å². The topological polar surface area (TPSA) is 112 Å². The maximum absolute atomic E-state index is 12.6. The van der Waals surface area contributed by atoms with Gasteiger partial charge in [0, 0.05) is 23.5 Å². The van der Waals surface area contributed by atoms with E-state index in [1.54, 1.807) is 59.3 Å². The van der Waals surface area contributed by atoms with Crippen LogP contribution in [0.4, 0.5) is 5.69 Å². The number of hydrogen-bond acceptors (Lipinski definition) is 7. The maximum Gasteiger partial charge on any atom is 0.291 e. The third kappa shape index (κ3) is 4.26. The van der Waals surface area contributed by atoms with Crippen molar-refractivity contribution in [3.63, 3.8) is 0 Å². The zero-order valence-corrected chi connectivity index (χ0v) is 18.4. The van der Waals surface area contributed by atoms with Gasteiger partial charge in [-0.25, -0.2) is 14.6 Å². The number of aromatic nitrogens is 4. The van der Waals surface area contributed by atoms with Gasteiger partial charge in [-0.1, -0.05) is 12.1 Å². The third-order valence-corrected chi connectivity index (χ3v) is 5.05. The summed E-state index contributed by atoms with van der Waals surface area (Å²) in [4.78, 5) is 33.2. The summed E-state index contributed by atoms with van der Waals surface area (Å²) in [5.41, 5.74) is 2.43. The highest BCUT2D eigenvalue weighted by Gasteiger charge is 2.13. The highest BCUT2D eigenvalue weighted by molar-refractivity contribution is 6.03. The Morgan fingerprint density at radius 3 is 2.56 bits per heavy atom. The lowest BCUT2D eigenvalue weighted by Gasteiger charge is -2.09. The number of aryl methyl sites for hydroxylation is 2. The minimum Gasteiger partial charge on any atom is -0.451 e. The maximum atomic E-state index is 12.6. The molecule has 0 aliphatic rings. The number of ether oxygens (including phenoxy) is 1. The van der Waals surface area contributed by atoms with Crippen LogP contribution in [0.5, 0.6) is 11.6 Å². The van der Waals surface area contributed by atoms with Gasteiger partial charge in [0.2, 0.25) is 5.88 Å². The van der Waals surface area contributed by atoms with E-state index in [4.69, 9.17) is 9.15 Å². The van der Waals surface area contributed by atoms with Gasteiger partial charge in [-0.2, -0.15) is 5.10 Å². The Hall–Kier alpha value is -4.79. The summed E-state index contributed by atoms with van der Waals surface area (Å²) < 4.78 is 13.1. The summed E-state index contributed by atoms with van der Waals surface area (Å²) in [7, 11) is 0. The number of nitrogens with zero attached hydrogens (tertiary/aromatic N) is 4. The summed E-state index contributed by atoms with van der Waals surface area (Å²) in [6, 6.07) is 18.3. The number of rotatable bonds is 5. The van der Waals surface area contributed by atoms with Gasteiger partial charge in [-0.15, -0.1) is 0 Å². The molecule has 34 heavy (non-hydrogen) atoms. The van der Waals surface area contributed by atoms with Crippen LogP contribution < -0.4 is 15.5 Å². The number of para-hydroxylation sites is 1. The molecule has 5 aromatic rings. The molecule has 0 aliphatic carbocycles. The fourth-order valence-corrected chi connectivity index (χ4v) is 3.50. The zero-order chi connectivity index (χ0) is 23.7. The molecule has 168 valence electrons. The van der Waals surface area contributed by atoms with Crippen LogP contribution in [0.3, 0.4) is 0 Å². The van der Waals surface area contributed by atoms with Crippen molar-refractivity contribution >= 4 is 22.6 Å². The lowest BCUT2D eigenvalue weighted by Crippen LogP contribution is -2.14. The summed E-state index contributed by atoms with van der Waals surface area (Å²) in [5.74, 6) is 0.875. The number of fused-ring (bicyclic) bond motifs is 1. The molecule has 0 spiro atoms. The average molecular weight is 453 g/mol. The third-order valence-electron chi connectivity index (χ3n) is 5.05. The molecule has 0 unspecified atom stereocenters. The zero-order valence-electron chi connectivity index (χ0n) is 18.4. The van der Waals surface area contributed by atoms with Crippen LogP contribution in [-0.4, -0.2) is 25.7 Å². The van der Waals surface area contributed by atoms with E-state index in [2.05, 4.69) is 20.4 Å². The molecule has 0 atom stereocenters. The van der Waals surface area contributed by atoms with Gasteiger partial charge < -0.3 is 14.5 Å². The normalized spacial score (nSPS) is 10.9. The molecular formula is C25H19N5O4. The second kappa shape index (κ2) is 8.62. The standard InChI is InChI=1S/C25H19N5O4/c1-15-11-16(2)30(29-15)23-13-24(27-14-26-23)33-18-9-7-17(8-10-18)28-25(32)22-12-20(31)19-5-3-4-6-21(19)34-22/h3-14H,1-2H3,(H,28,32). The molecule has 3 heterocycles. The van der Waals surface area contributed by atoms with Crippen LogP contribution in [0.1, 0.15) is 21.9 Å². The first-order valence-corrected chi connectivity index (χ1v) is 10.4. The second-order valence-electron chi connectivity index (χ2n) is 7.60. The molecule has 2 aromatic carbocycles. The number of hydrogen-bond donors (Lipinski definition) is 1. The van der Waals surface area contributed by atoms with Gasteiger partial charge >= 0.3 is 0 Å². The van der Waals surface area contributed by atoms with Crippen LogP contribution in [0.15, 0.2) is 82.3 Å². The van der Waals surface area contributed by atoms with Crippen LogP contribution in [0.2, 0.25) is 0 Å². The van der Waals surface area contributed by atoms with E-state index in [0.29, 0.717) is 34.1 Å². The Kier molecular flexibility index (Phi) is 5.35. The van der Waals surface area contributed by atoms with Gasteiger partial charge in [0.1, 0.15) is 17.7 Å². The van der Waals surface area contributed by atoms with Gasteiger partial charge in [0.05, 0.1) is 11.1 Å². The molecule has 0 aliphatic heterocycles. The number of carbonyl (C=O) groups excluding carboxylic acids is 1. The van der Waals surface area contributed by atoms with E-state index in [0.717, 1.165) is 11.4 Å². The van der Waals surface area contributed by atoms with Crippen molar-refractivity contribution in [2.45, 2.75) is 13.8 Å². The van der Waals surface area contributed by atoms with Crippen molar-refractivity contribution in [1.82, 2.24) is 19.7 Å². The number of carbonyl (C=O) groups is 1. The average Bonchev–Trinajstić information content (AvgIpc) is 3.18. The predicted octanol–water partition coefficient (Wildman–Crippen LogP) is 4.43. The molecular weight excluding hydrogens is 434 g/mol. The van der Waals surface area contributed by atoms with Gasteiger partial charge in [0.25, 0.3) is 5.91 Å². The molecule has 0 fully saturated rings. The number of benzene rings is 2. The van der Waals surface area contributed by atoms with Crippen LogP contribution in [-0.2, 0) is 0 Å². The molecule has 0 saturated heterocycles. The van der Waals surface area contributed by atoms with Crippen LogP contribution in [0.25, 0.3) is 16.8 Å². The number of amides is 1. The molecule has 5 rings (SSSR count). The van der Waals surface area contributed by atoms with Gasteiger partial charge in [-0.05, 0) is 56.3 Å². The van der Waals surface area contributed by atoms with Crippen molar-refractivity contribution in [1.29, 1.82) is 0 Å². The smallest absolute Gasteiger partial charge is 0.291 e. The van der Waals surface area contributed by atoms with Crippen LogP contribution >= 0.6 is 0 Å². The van der Waals surface area contributed by atoms with Crippen molar-refractivity contribution in [3.05, 3.63) is 100 Å². The fraction of sp³-hybridized carbons (Fsp3) is 0.0800. The summed E-state index contributed by atoms with van der Waals surface area (Å²) in [5, 5.41) is 7.56. The first-order valence-electron chi connectivity index (χ1n) is 10.4. The van der Waals surface area contributed by atoms with Crippen LogP contribution in [0, 0.1) is 13.8 Å². The molecule has 3 aromatic heterocycles. The highest BCUT2D eigenvalue weighted by Crippen LogP contribution is 2.23. The minimum atomic E-state index is -0.526. The Morgan fingerprint density at radius 2 is 1.79 bits per heavy atom. The first-order chi connectivity index (χ1) is 16.5. The molecule has 0 radical (unpaired) electrons. The monoisotopic (exact) mass is 453 g/mol. The van der Waals surface area contributed by atoms with Crippen molar-refractivity contribution in [2.75, 3.05) is 5.32 Å². The predicted molar refractivity (Wildman–Crippen MR) is 126 cm³/mol. The SMILES string of the molecule is Cc1cc(C)n(-c2cc(Oc3ccc(NC(=O)c4cc(=O)c5ccccc5o4)cc3)ncn2)n1. The molecule has 1 N–H and O–H groups in total. The minimum absolute atomic E-state index is 0.0679. The Balaban J connectivity index is 1.30. The van der Waals surface area contributed by atoms with Crippen molar-refractivity contribution in [3.8, 4) is 17.4 Å². The molecule has 9 heteroatoms. The molecule has 0 bridgehead atoms. The molecule has 1 amide bonds.